The minimum atomic E-state index is -1.05. The van der Waals surface area contributed by atoms with Crippen LogP contribution in [0, 0.1) is 0 Å². The number of esters is 1. The maximum Gasteiger partial charge on any atom is 0.345 e. The first kappa shape index (κ1) is 9.94. The topological polar surface area (TPSA) is 63.6 Å². The second-order valence-corrected chi connectivity index (χ2v) is 1.86. The summed E-state index contributed by atoms with van der Waals surface area (Å²) >= 11 is 0. The standard InChI is InChI=1S/C5H6O4.C2H6/c6-4-2-1-3(9-4)5(7)8;1-2/h3H,1-2H2,(H,7,8);1-2H3. The number of carboxylic acid groups (broad SMARTS) is 1. The number of aliphatic carboxylic acids is 1. The van der Waals surface area contributed by atoms with E-state index in [0.717, 1.165) is 0 Å². The Hall–Kier alpha value is -1.06. The van der Waals surface area contributed by atoms with Crippen LogP contribution in [0.2, 0.25) is 0 Å². The molecule has 0 spiro atoms. The fourth-order valence-electron chi connectivity index (χ4n) is 0.699. The highest BCUT2D eigenvalue weighted by Crippen LogP contribution is 2.12. The van der Waals surface area contributed by atoms with Crippen LogP contribution in [0.4, 0.5) is 0 Å². The van der Waals surface area contributed by atoms with Gasteiger partial charge in [0, 0.05) is 12.8 Å². The van der Waals surface area contributed by atoms with Crippen molar-refractivity contribution in [2.24, 2.45) is 0 Å². The van der Waals surface area contributed by atoms with Gasteiger partial charge in [-0.3, -0.25) is 4.79 Å². The van der Waals surface area contributed by atoms with Gasteiger partial charge in [-0.1, -0.05) is 13.8 Å². The lowest BCUT2D eigenvalue weighted by Gasteiger charge is -1.99. The highest BCUT2D eigenvalue weighted by molar-refractivity contribution is 5.81. The zero-order valence-electron chi connectivity index (χ0n) is 6.66. The van der Waals surface area contributed by atoms with Gasteiger partial charge in [0.2, 0.25) is 0 Å². The summed E-state index contributed by atoms with van der Waals surface area (Å²) in [5.74, 6) is -1.47. The summed E-state index contributed by atoms with van der Waals surface area (Å²) in [4.78, 5) is 20.3. The first-order valence-corrected chi connectivity index (χ1v) is 3.62. The Morgan fingerprint density at radius 3 is 2.36 bits per heavy atom. The Morgan fingerprint density at radius 1 is 1.64 bits per heavy atom. The van der Waals surface area contributed by atoms with Gasteiger partial charge in [0.25, 0.3) is 0 Å². The number of carbonyl (C=O) groups excluding carboxylic acids is 1. The van der Waals surface area contributed by atoms with Gasteiger partial charge in [-0.05, 0) is 0 Å². The number of hydrogen-bond donors (Lipinski definition) is 1. The van der Waals surface area contributed by atoms with E-state index in [1.165, 1.54) is 0 Å². The van der Waals surface area contributed by atoms with Gasteiger partial charge in [-0.15, -0.1) is 0 Å². The fourth-order valence-corrected chi connectivity index (χ4v) is 0.699. The number of rotatable bonds is 1. The molecule has 1 aliphatic rings. The van der Waals surface area contributed by atoms with E-state index in [4.69, 9.17) is 5.11 Å². The lowest BCUT2D eigenvalue weighted by Crippen LogP contribution is -2.18. The van der Waals surface area contributed by atoms with Gasteiger partial charge in [0.05, 0.1) is 0 Å². The van der Waals surface area contributed by atoms with Crippen molar-refractivity contribution in [1.29, 1.82) is 0 Å². The van der Waals surface area contributed by atoms with Crippen LogP contribution in [-0.4, -0.2) is 23.1 Å². The Labute approximate surface area is 65.2 Å². The zero-order chi connectivity index (χ0) is 8.85. The molecule has 1 saturated heterocycles. The molecule has 11 heavy (non-hydrogen) atoms. The van der Waals surface area contributed by atoms with Crippen LogP contribution >= 0.6 is 0 Å². The monoisotopic (exact) mass is 160 g/mol. The summed E-state index contributed by atoms with van der Waals surface area (Å²) in [7, 11) is 0. The predicted octanol–water partition coefficient (Wildman–Crippen LogP) is 0.803. The normalized spacial score (nSPS) is 21.6. The molecule has 4 nitrogen and oxygen atoms in total. The molecule has 4 heteroatoms. The quantitative estimate of drug-likeness (QED) is 0.576. The van der Waals surface area contributed by atoms with Crippen LogP contribution in [0.5, 0.6) is 0 Å². The van der Waals surface area contributed by atoms with E-state index in [-0.39, 0.29) is 6.42 Å². The molecule has 1 heterocycles. The maximum atomic E-state index is 10.3. The van der Waals surface area contributed by atoms with E-state index in [9.17, 15) is 9.59 Å². The first-order valence-electron chi connectivity index (χ1n) is 3.62. The molecule has 1 N–H and O–H groups in total. The molecule has 64 valence electrons. The summed E-state index contributed by atoms with van der Waals surface area (Å²) in [6.07, 6.45) is -0.344. The van der Waals surface area contributed by atoms with Gasteiger partial charge < -0.3 is 9.84 Å². The fraction of sp³-hybridized carbons (Fsp3) is 0.714. The van der Waals surface area contributed by atoms with Crippen LogP contribution in [0.15, 0.2) is 0 Å². The predicted molar refractivity (Wildman–Crippen MR) is 38.1 cm³/mol. The molecule has 1 aliphatic heterocycles. The Balaban J connectivity index is 0.000000461. The summed E-state index contributed by atoms with van der Waals surface area (Å²) < 4.78 is 4.38. The van der Waals surface area contributed by atoms with Crippen LogP contribution in [0.1, 0.15) is 26.7 Å². The molecule has 0 radical (unpaired) electrons. The second kappa shape index (κ2) is 4.71. The number of ether oxygens (including phenoxy) is 1. The summed E-state index contributed by atoms with van der Waals surface area (Å²) in [5.41, 5.74) is 0. The van der Waals surface area contributed by atoms with E-state index < -0.39 is 18.0 Å². The average molecular weight is 160 g/mol. The molecule has 0 aliphatic carbocycles. The highest BCUT2D eigenvalue weighted by atomic mass is 16.6. The van der Waals surface area contributed by atoms with Gasteiger partial charge >= 0.3 is 11.9 Å². The summed E-state index contributed by atoms with van der Waals surface area (Å²) in [5, 5.41) is 8.25. The van der Waals surface area contributed by atoms with Crippen molar-refractivity contribution in [2.75, 3.05) is 0 Å². The minimum Gasteiger partial charge on any atom is -0.479 e. The lowest BCUT2D eigenvalue weighted by atomic mass is 10.2. The second-order valence-electron chi connectivity index (χ2n) is 1.86. The van der Waals surface area contributed by atoms with Crippen molar-refractivity contribution < 1.29 is 19.4 Å². The number of cyclic esters (lactones) is 1. The molecular formula is C7H12O4. The lowest BCUT2D eigenvalue weighted by molar-refractivity contribution is -0.156. The molecule has 1 rings (SSSR count). The molecule has 0 saturated carbocycles. The van der Waals surface area contributed by atoms with Crippen molar-refractivity contribution in [3.63, 3.8) is 0 Å². The van der Waals surface area contributed by atoms with E-state index in [2.05, 4.69) is 4.74 Å². The molecule has 0 aromatic rings. The molecule has 1 unspecified atom stereocenters. The SMILES string of the molecule is CC.O=C1CCC(C(=O)O)O1. The van der Waals surface area contributed by atoms with Gasteiger partial charge in [-0.2, -0.15) is 0 Å². The van der Waals surface area contributed by atoms with E-state index in [0.29, 0.717) is 6.42 Å². The summed E-state index contributed by atoms with van der Waals surface area (Å²) in [6, 6.07) is 0. The van der Waals surface area contributed by atoms with Crippen LogP contribution in [0.3, 0.4) is 0 Å². The van der Waals surface area contributed by atoms with Crippen LogP contribution in [0.25, 0.3) is 0 Å². The van der Waals surface area contributed by atoms with E-state index in [1.54, 1.807) is 0 Å². The van der Waals surface area contributed by atoms with Crippen LogP contribution < -0.4 is 0 Å². The van der Waals surface area contributed by atoms with Crippen molar-refractivity contribution in [1.82, 2.24) is 0 Å². The van der Waals surface area contributed by atoms with Crippen molar-refractivity contribution >= 4 is 11.9 Å². The van der Waals surface area contributed by atoms with E-state index >= 15 is 0 Å². The Kier molecular flexibility index (Phi) is 4.26. The zero-order valence-corrected chi connectivity index (χ0v) is 6.66. The van der Waals surface area contributed by atoms with Crippen molar-refractivity contribution in [2.45, 2.75) is 32.8 Å². The first-order chi connectivity index (χ1) is 5.20. The number of carbonyl (C=O) groups is 2. The van der Waals surface area contributed by atoms with Gasteiger partial charge in [-0.25, -0.2) is 4.79 Å². The highest BCUT2D eigenvalue weighted by Gasteiger charge is 2.28. The average Bonchev–Trinajstić information content (AvgIpc) is 2.40. The molecule has 0 aromatic heterocycles. The van der Waals surface area contributed by atoms with Crippen molar-refractivity contribution in [3.8, 4) is 0 Å². The van der Waals surface area contributed by atoms with E-state index in [1.807, 2.05) is 13.8 Å². The molecule has 1 fully saturated rings. The maximum absolute atomic E-state index is 10.3. The molecule has 0 aromatic carbocycles. The number of hydrogen-bond acceptors (Lipinski definition) is 3. The third kappa shape index (κ3) is 3.02. The molecule has 0 bridgehead atoms. The Bertz CT molecular complexity index is 153. The molecule has 1 atom stereocenters. The molecular weight excluding hydrogens is 148 g/mol. The van der Waals surface area contributed by atoms with Crippen LogP contribution in [-0.2, 0) is 14.3 Å². The third-order valence-corrected chi connectivity index (χ3v) is 1.16. The minimum absolute atomic E-state index is 0.233. The third-order valence-electron chi connectivity index (χ3n) is 1.16. The van der Waals surface area contributed by atoms with Gasteiger partial charge in [0.1, 0.15) is 0 Å². The Morgan fingerprint density at radius 2 is 2.18 bits per heavy atom. The van der Waals surface area contributed by atoms with Crippen molar-refractivity contribution in [3.05, 3.63) is 0 Å². The molecule has 0 amide bonds. The van der Waals surface area contributed by atoms with Gasteiger partial charge in [0.15, 0.2) is 6.10 Å². The summed E-state index contributed by atoms with van der Waals surface area (Å²) in [6.45, 7) is 4.00. The number of carboxylic acids is 1. The smallest absolute Gasteiger partial charge is 0.345 e. The largest absolute Gasteiger partial charge is 0.479 e.